The molecule has 1 fully saturated rings. The molecule has 2 unspecified atom stereocenters. The first-order chi connectivity index (χ1) is 9.87. The summed E-state index contributed by atoms with van der Waals surface area (Å²) in [6.45, 7) is 10.5. The summed E-state index contributed by atoms with van der Waals surface area (Å²) in [6, 6.07) is 9.03. The Morgan fingerprint density at radius 2 is 1.86 bits per heavy atom. The average Bonchev–Trinajstić information content (AvgIpc) is 3.21. The maximum atomic E-state index is 3.77. The quantitative estimate of drug-likeness (QED) is 0.815. The minimum absolute atomic E-state index is 0.221. The van der Waals surface area contributed by atoms with Crippen molar-refractivity contribution in [1.82, 2.24) is 5.32 Å². The van der Waals surface area contributed by atoms with Crippen LogP contribution in [-0.2, 0) is 0 Å². The van der Waals surface area contributed by atoms with Crippen LogP contribution in [0, 0.1) is 11.3 Å². The SMILES string of the molecule is CC(C)(C)NCC(C)(CC1CSc2ccccc21)C1CC1. The monoisotopic (exact) mass is 303 g/mol. The minimum atomic E-state index is 0.221. The standard InChI is InChI=1S/C19H29NS/c1-18(2,3)20-13-19(4,15-9-10-15)11-14-12-21-17-8-6-5-7-16(14)17/h5-8,14-15,20H,9-13H2,1-4H3. The summed E-state index contributed by atoms with van der Waals surface area (Å²) in [5.41, 5.74) is 2.28. The number of hydrogen-bond donors (Lipinski definition) is 1. The van der Waals surface area contributed by atoms with Crippen molar-refractivity contribution in [2.75, 3.05) is 12.3 Å². The van der Waals surface area contributed by atoms with Gasteiger partial charge in [0, 0.05) is 22.7 Å². The Bertz CT molecular complexity index is 501. The highest BCUT2D eigenvalue weighted by molar-refractivity contribution is 7.99. The van der Waals surface area contributed by atoms with E-state index in [1.165, 1.54) is 29.9 Å². The molecule has 1 heterocycles. The predicted molar refractivity (Wildman–Crippen MR) is 93.1 cm³/mol. The zero-order valence-corrected chi connectivity index (χ0v) is 14.7. The van der Waals surface area contributed by atoms with Crippen LogP contribution in [0.5, 0.6) is 0 Å². The van der Waals surface area contributed by atoms with Gasteiger partial charge >= 0.3 is 0 Å². The number of hydrogen-bond acceptors (Lipinski definition) is 2. The van der Waals surface area contributed by atoms with Gasteiger partial charge in [-0.1, -0.05) is 25.1 Å². The molecule has 116 valence electrons. The van der Waals surface area contributed by atoms with Crippen LogP contribution in [0.15, 0.2) is 29.2 Å². The van der Waals surface area contributed by atoms with Crippen LogP contribution in [0.1, 0.15) is 58.4 Å². The zero-order valence-electron chi connectivity index (χ0n) is 13.9. The maximum absolute atomic E-state index is 3.77. The molecule has 1 N–H and O–H groups in total. The Morgan fingerprint density at radius 3 is 2.52 bits per heavy atom. The summed E-state index contributed by atoms with van der Waals surface area (Å²) in [7, 11) is 0. The number of nitrogens with one attached hydrogen (secondary N) is 1. The van der Waals surface area contributed by atoms with Gasteiger partial charge in [0.25, 0.3) is 0 Å². The van der Waals surface area contributed by atoms with Crippen molar-refractivity contribution in [3.8, 4) is 0 Å². The summed E-state index contributed by atoms with van der Waals surface area (Å²) in [5, 5.41) is 3.77. The Kier molecular flexibility index (Phi) is 4.13. The van der Waals surface area contributed by atoms with Gasteiger partial charge in [0.2, 0.25) is 0 Å². The summed E-state index contributed by atoms with van der Waals surface area (Å²) >= 11 is 2.05. The third kappa shape index (κ3) is 3.65. The highest BCUT2D eigenvalue weighted by Gasteiger charge is 2.44. The van der Waals surface area contributed by atoms with E-state index in [1.807, 2.05) is 0 Å². The topological polar surface area (TPSA) is 12.0 Å². The van der Waals surface area contributed by atoms with Crippen LogP contribution < -0.4 is 5.32 Å². The van der Waals surface area contributed by atoms with Gasteiger partial charge in [0.15, 0.2) is 0 Å². The predicted octanol–water partition coefficient (Wildman–Crippen LogP) is 5.07. The molecule has 3 rings (SSSR count). The molecule has 1 aromatic rings. The van der Waals surface area contributed by atoms with Crippen LogP contribution in [0.4, 0.5) is 0 Å². The molecule has 0 spiro atoms. The number of fused-ring (bicyclic) bond motifs is 1. The Morgan fingerprint density at radius 1 is 1.14 bits per heavy atom. The lowest BCUT2D eigenvalue weighted by molar-refractivity contribution is 0.201. The zero-order chi connectivity index (χ0) is 15.1. The third-order valence-electron chi connectivity index (χ3n) is 5.10. The molecule has 0 bridgehead atoms. The molecule has 1 aliphatic carbocycles. The molecule has 2 aliphatic rings. The van der Waals surface area contributed by atoms with Crippen molar-refractivity contribution < 1.29 is 0 Å². The summed E-state index contributed by atoms with van der Waals surface area (Å²) in [4.78, 5) is 1.52. The molecule has 2 heteroatoms. The fourth-order valence-corrected chi connectivity index (χ4v) is 4.85. The van der Waals surface area contributed by atoms with E-state index >= 15 is 0 Å². The molecule has 21 heavy (non-hydrogen) atoms. The molecule has 0 radical (unpaired) electrons. The smallest absolute Gasteiger partial charge is 0.0107 e. The first-order valence-electron chi connectivity index (χ1n) is 8.34. The lowest BCUT2D eigenvalue weighted by Gasteiger charge is -2.36. The fraction of sp³-hybridized carbons (Fsp3) is 0.684. The molecular weight excluding hydrogens is 274 g/mol. The molecule has 0 aromatic heterocycles. The van der Waals surface area contributed by atoms with Crippen molar-refractivity contribution >= 4 is 11.8 Å². The first kappa shape index (κ1) is 15.4. The average molecular weight is 304 g/mol. The first-order valence-corrected chi connectivity index (χ1v) is 9.33. The number of thioether (sulfide) groups is 1. The van der Waals surface area contributed by atoms with E-state index in [0.717, 1.165) is 18.4 Å². The van der Waals surface area contributed by atoms with Gasteiger partial charge in [-0.15, -0.1) is 11.8 Å². The number of benzene rings is 1. The van der Waals surface area contributed by atoms with E-state index in [9.17, 15) is 0 Å². The van der Waals surface area contributed by atoms with Crippen molar-refractivity contribution in [1.29, 1.82) is 0 Å². The van der Waals surface area contributed by atoms with Gasteiger partial charge in [0.1, 0.15) is 0 Å². The molecule has 0 saturated heterocycles. The Hall–Kier alpha value is -0.470. The van der Waals surface area contributed by atoms with E-state index < -0.39 is 0 Å². The minimum Gasteiger partial charge on any atom is -0.312 e. The molecule has 1 aliphatic heterocycles. The van der Waals surface area contributed by atoms with Crippen LogP contribution in [-0.4, -0.2) is 17.8 Å². The van der Waals surface area contributed by atoms with Crippen LogP contribution in [0.3, 0.4) is 0 Å². The highest BCUT2D eigenvalue weighted by Crippen LogP contribution is 2.53. The van der Waals surface area contributed by atoms with Gasteiger partial charge < -0.3 is 5.32 Å². The van der Waals surface area contributed by atoms with Crippen LogP contribution in [0.25, 0.3) is 0 Å². The third-order valence-corrected chi connectivity index (χ3v) is 6.35. The van der Waals surface area contributed by atoms with Gasteiger partial charge in [-0.25, -0.2) is 0 Å². The largest absolute Gasteiger partial charge is 0.312 e. The molecule has 1 saturated carbocycles. The Balaban J connectivity index is 1.71. The van der Waals surface area contributed by atoms with Gasteiger partial charge in [-0.3, -0.25) is 0 Å². The van der Waals surface area contributed by atoms with Crippen molar-refractivity contribution in [2.45, 2.75) is 63.3 Å². The lowest BCUT2D eigenvalue weighted by Crippen LogP contribution is -2.44. The van der Waals surface area contributed by atoms with Gasteiger partial charge in [0.05, 0.1) is 0 Å². The van der Waals surface area contributed by atoms with Crippen LogP contribution in [0.2, 0.25) is 0 Å². The van der Waals surface area contributed by atoms with Crippen molar-refractivity contribution in [3.63, 3.8) is 0 Å². The molecule has 0 amide bonds. The molecule has 2 atom stereocenters. The van der Waals surface area contributed by atoms with Crippen LogP contribution >= 0.6 is 11.8 Å². The maximum Gasteiger partial charge on any atom is 0.0107 e. The normalized spacial score (nSPS) is 24.7. The second-order valence-electron chi connectivity index (χ2n) is 8.28. The molecule has 1 aromatic carbocycles. The van der Waals surface area contributed by atoms with E-state index in [2.05, 4.69) is 69.0 Å². The molecule has 1 nitrogen and oxygen atoms in total. The summed E-state index contributed by atoms with van der Waals surface area (Å²) < 4.78 is 0. The second kappa shape index (κ2) is 5.62. The second-order valence-corrected chi connectivity index (χ2v) is 9.34. The summed E-state index contributed by atoms with van der Waals surface area (Å²) in [6.07, 6.45) is 4.21. The van der Waals surface area contributed by atoms with E-state index in [-0.39, 0.29) is 5.54 Å². The van der Waals surface area contributed by atoms with Crippen molar-refractivity contribution in [3.05, 3.63) is 29.8 Å². The van der Waals surface area contributed by atoms with E-state index in [1.54, 1.807) is 5.56 Å². The fourth-order valence-electron chi connectivity index (χ4n) is 3.59. The van der Waals surface area contributed by atoms with E-state index in [4.69, 9.17) is 0 Å². The number of rotatable bonds is 5. The lowest BCUT2D eigenvalue weighted by atomic mass is 9.75. The van der Waals surface area contributed by atoms with Gasteiger partial charge in [-0.2, -0.15) is 0 Å². The Labute approximate surface area is 134 Å². The van der Waals surface area contributed by atoms with Gasteiger partial charge in [-0.05, 0) is 68.9 Å². The highest BCUT2D eigenvalue weighted by atomic mass is 32.2. The van der Waals surface area contributed by atoms with Crippen molar-refractivity contribution in [2.24, 2.45) is 11.3 Å². The molecular formula is C19H29NS. The van der Waals surface area contributed by atoms with E-state index in [0.29, 0.717) is 5.41 Å². The summed E-state index contributed by atoms with van der Waals surface area (Å²) in [5.74, 6) is 2.96.